The molecule has 6 heteroatoms. The van der Waals surface area contributed by atoms with Crippen molar-refractivity contribution in [3.05, 3.63) is 0 Å². The third kappa shape index (κ3) is 3.88. The Morgan fingerprint density at radius 3 is 2.88 bits per heavy atom. The second-order valence-electron chi connectivity index (χ2n) is 0.841. The van der Waals surface area contributed by atoms with Gasteiger partial charge in [-0.05, 0) is 0 Å². The van der Waals surface area contributed by atoms with Crippen molar-refractivity contribution in [2.75, 3.05) is 6.61 Å². The summed E-state index contributed by atoms with van der Waals surface area (Å²) in [6, 6.07) is 0. The van der Waals surface area contributed by atoms with Crippen LogP contribution in [0.4, 0.5) is 0 Å². The number of carbonyl (C=O) groups excluding carboxylic acids is 1. The Labute approximate surface area is 51.1 Å². The summed E-state index contributed by atoms with van der Waals surface area (Å²) < 4.78 is 3.67. The molecule has 48 valence electrons. The fraction of sp³-hybridized carbons (Fsp3) is 0.500. The summed E-state index contributed by atoms with van der Waals surface area (Å²) in [5.74, 6) is -0.695. The molecule has 0 aliphatic heterocycles. The fourth-order valence-electron chi connectivity index (χ4n) is 0.0974. The number of aliphatic hydroxyl groups excluding tert-OH is 1. The van der Waals surface area contributed by atoms with Gasteiger partial charge < -0.3 is 5.11 Å². The van der Waals surface area contributed by atoms with Gasteiger partial charge >= 0.3 is 0 Å². The van der Waals surface area contributed by atoms with Crippen LogP contribution in [0.15, 0.2) is 0 Å². The van der Waals surface area contributed by atoms with Crippen molar-refractivity contribution in [1.82, 2.24) is 5.48 Å². The van der Waals surface area contributed by atoms with Crippen molar-refractivity contribution in [3.8, 4) is 0 Å². The number of hydrogen-bond donors (Lipinski definition) is 3. The molecule has 0 aromatic rings. The van der Waals surface area contributed by atoms with Crippen LogP contribution in [0.5, 0.6) is 0 Å². The average molecular weight is 139 g/mol. The molecule has 0 spiro atoms. The predicted molar refractivity (Wildman–Crippen MR) is 26.4 cm³/mol. The first-order valence-electron chi connectivity index (χ1n) is 1.68. The molecule has 5 nitrogen and oxygen atoms in total. The van der Waals surface area contributed by atoms with Crippen molar-refractivity contribution in [2.45, 2.75) is 0 Å². The Bertz CT molecular complexity index is 76.4. The van der Waals surface area contributed by atoms with Crippen LogP contribution < -0.4 is 5.48 Å². The summed E-state index contributed by atoms with van der Waals surface area (Å²) in [7, 11) is 0. The van der Waals surface area contributed by atoms with Gasteiger partial charge in [-0.15, -0.1) is 4.33 Å². The second-order valence-corrected chi connectivity index (χ2v) is 0.990. The number of rotatable bonds is 3. The highest BCUT2D eigenvalue weighted by Crippen LogP contribution is 1.74. The van der Waals surface area contributed by atoms with E-state index in [-0.39, 0.29) is 0 Å². The number of carbonyl (C=O) groups is 1. The Hall–Kier alpha value is -0.300. The molecule has 0 unspecified atom stereocenters. The molecule has 0 fully saturated rings. The van der Waals surface area contributed by atoms with Crippen molar-refractivity contribution in [2.24, 2.45) is 0 Å². The fourth-order valence-corrected chi connectivity index (χ4v) is 0.135. The van der Waals surface area contributed by atoms with E-state index in [2.05, 4.69) is 22.2 Å². The number of nitrogens with one attached hydrogen (secondary N) is 1. The maximum atomic E-state index is 9.97. The lowest BCUT2D eigenvalue weighted by molar-refractivity contribution is -0.240. The van der Waals surface area contributed by atoms with Gasteiger partial charge in [0.15, 0.2) is 0 Å². The molecule has 0 heterocycles. The third-order valence-electron chi connectivity index (χ3n) is 0.336. The van der Waals surface area contributed by atoms with Crippen molar-refractivity contribution < 1.29 is 19.2 Å². The van der Waals surface area contributed by atoms with Gasteiger partial charge in [-0.1, -0.05) is 4.99 Å². The van der Waals surface area contributed by atoms with E-state index in [1.807, 2.05) is 0 Å². The van der Waals surface area contributed by atoms with Gasteiger partial charge in [0.2, 0.25) is 0 Å². The van der Waals surface area contributed by atoms with E-state index in [4.69, 9.17) is 5.11 Å². The maximum Gasteiger partial charge on any atom is 0.271 e. The number of aliphatic hydroxyl groups is 1. The molecule has 0 aromatic carbocycles. The van der Waals surface area contributed by atoms with E-state index in [1.165, 1.54) is 0 Å². The first-order valence-corrected chi connectivity index (χ1v) is 2.04. The van der Waals surface area contributed by atoms with Crippen LogP contribution in [-0.2, 0) is 14.1 Å². The van der Waals surface area contributed by atoms with E-state index in [9.17, 15) is 4.79 Å². The van der Waals surface area contributed by atoms with Gasteiger partial charge in [0.1, 0.15) is 6.61 Å². The first-order chi connectivity index (χ1) is 3.81. The molecular weight excluding hydrogens is 134 g/mol. The number of hydrogen-bond acceptors (Lipinski definition) is 5. The first kappa shape index (κ1) is 7.70. The molecule has 0 rings (SSSR count). The zero-order valence-corrected chi connectivity index (χ0v) is 4.72. The molecule has 0 atom stereocenters. The Morgan fingerprint density at radius 2 is 2.50 bits per heavy atom. The normalized spacial score (nSPS) is 8.75. The molecule has 0 saturated carbocycles. The van der Waals surface area contributed by atoms with Crippen LogP contribution in [0.1, 0.15) is 0 Å². The van der Waals surface area contributed by atoms with Crippen LogP contribution in [-0.4, -0.2) is 17.6 Å². The van der Waals surface area contributed by atoms with Gasteiger partial charge in [0.05, 0.1) is 0 Å². The predicted octanol–water partition coefficient (Wildman–Crippen LogP) is -1.20. The van der Waals surface area contributed by atoms with Gasteiger partial charge in [-0.25, -0.2) is 0 Å². The summed E-state index contributed by atoms with van der Waals surface area (Å²) in [4.78, 5) is 13.8. The highest BCUT2D eigenvalue weighted by molar-refractivity contribution is 7.74. The summed E-state index contributed by atoms with van der Waals surface area (Å²) in [6.45, 7) is -0.642. The molecule has 0 saturated heterocycles. The molecule has 0 aromatic heterocycles. The molecule has 0 bridgehead atoms. The van der Waals surface area contributed by atoms with E-state index in [0.29, 0.717) is 0 Å². The van der Waals surface area contributed by atoms with Gasteiger partial charge in [-0.2, -0.15) is 5.48 Å². The van der Waals surface area contributed by atoms with Crippen molar-refractivity contribution in [1.29, 1.82) is 0 Å². The number of hydroxylamine groups is 1. The Balaban J connectivity index is 2.99. The Kier molecular flexibility index (Phi) is 4.67. The smallest absolute Gasteiger partial charge is 0.271 e. The highest BCUT2D eigenvalue weighted by atomic mass is 32.1. The summed E-state index contributed by atoms with van der Waals surface area (Å²) >= 11 is 3.12. The van der Waals surface area contributed by atoms with Crippen molar-refractivity contribution in [3.63, 3.8) is 0 Å². The highest BCUT2D eigenvalue weighted by Gasteiger charge is 1.94. The molecule has 8 heavy (non-hydrogen) atoms. The molecule has 0 aliphatic rings. The molecule has 0 radical (unpaired) electrons. The quantitative estimate of drug-likeness (QED) is 0.199. The molecular formula is C2H5NO4S. The van der Waals surface area contributed by atoms with E-state index < -0.39 is 12.5 Å². The molecule has 1 amide bonds. The van der Waals surface area contributed by atoms with Crippen LogP contribution in [0.25, 0.3) is 0 Å². The summed E-state index contributed by atoms with van der Waals surface area (Å²) in [6.07, 6.45) is 0. The van der Waals surface area contributed by atoms with Crippen LogP contribution >= 0.6 is 12.9 Å². The van der Waals surface area contributed by atoms with Gasteiger partial charge in [0, 0.05) is 12.9 Å². The van der Waals surface area contributed by atoms with Crippen LogP contribution in [0.2, 0.25) is 0 Å². The standard InChI is InChI=1S/C2H5NO4S/c4-1-2(5)3-6-7-8/h4,8H,1H2,(H,3,5). The third-order valence-corrected chi connectivity index (χ3v) is 0.411. The number of thiol groups is 1. The van der Waals surface area contributed by atoms with Gasteiger partial charge in [0.25, 0.3) is 5.91 Å². The molecule has 2 N–H and O–H groups in total. The molecule has 0 aliphatic carbocycles. The minimum atomic E-state index is -0.695. The summed E-state index contributed by atoms with van der Waals surface area (Å²) in [5.41, 5.74) is 1.69. The SMILES string of the molecule is O=C(CO)NOOS. The van der Waals surface area contributed by atoms with E-state index >= 15 is 0 Å². The number of amides is 1. The zero-order valence-electron chi connectivity index (χ0n) is 3.83. The maximum absolute atomic E-state index is 9.97. The monoisotopic (exact) mass is 139 g/mol. The minimum absolute atomic E-state index is 0.642. The van der Waals surface area contributed by atoms with Crippen LogP contribution in [0, 0.1) is 0 Å². The zero-order chi connectivity index (χ0) is 6.41. The lowest BCUT2D eigenvalue weighted by Gasteiger charge is -1.95. The van der Waals surface area contributed by atoms with E-state index in [1.54, 1.807) is 5.48 Å². The second kappa shape index (κ2) is 4.85. The Morgan fingerprint density at radius 1 is 1.88 bits per heavy atom. The van der Waals surface area contributed by atoms with Crippen LogP contribution in [0.3, 0.4) is 0 Å². The van der Waals surface area contributed by atoms with Crippen molar-refractivity contribution >= 4 is 18.8 Å². The lowest BCUT2D eigenvalue weighted by Crippen LogP contribution is -2.25. The topological polar surface area (TPSA) is 67.8 Å². The lowest BCUT2D eigenvalue weighted by atomic mass is 10.7. The minimum Gasteiger partial charge on any atom is -0.386 e. The average Bonchev–Trinajstić information content (AvgIpc) is 1.83. The van der Waals surface area contributed by atoms with E-state index in [0.717, 1.165) is 0 Å². The largest absolute Gasteiger partial charge is 0.386 e. The summed E-state index contributed by atoms with van der Waals surface area (Å²) in [5, 5.41) is 7.99. The van der Waals surface area contributed by atoms with Gasteiger partial charge in [-0.3, -0.25) is 4.79 Å².